The molecule has 0 saturated heterocycles. The quantitative estimate of drug-likeness (QED) is 0.258. The summed E-state index contributed by atoms with van der Waals surface area (Å²) >= 11 is 0. The van der Waals surface area contributed by atoms with E-state index in [4.69, 9.17) is 9.72 Å². The van der Waals surface area contributed by atoms with Crippen molar-refractivity contribution >= 4 is 22.7 Å². The smallest absolute Gasteiger partial charge is 0.307 e. The molecule has 1 atom stereocenters. The van der Waals surface area contributed by atoms with Crippen molar-refractivity contribution < 1.29 is 19.4 Å². The Labute approximate surface area is 216 Å². The molecule has 1 aliphatic carbocycles. The van der Waals surface area contributed by atoms with Crippen LogP contribution in [0.4, 0.5) is 0 Å². The van der Waals surface area contributed by atoms with Crippen LogP contribution in [0.3, 0.4) is 0 Å². The third kappa shape index (κ3) is 4.05. The first-order chi connectivity index (χ1) is 17.8. The van der Waals surface area contributed by atoms with Crippen molar-refractivity contribution in [2.75, 3.05) is 0 Å². The third-order valence-corrected chi connectivity index (χ3v) is 8.01. The van der Waals surface area contributed by atoms with Gasteiger partial charge in [0, 0.05) is 34.9 Å². The van der Waals surface area contributed by atoms with Gasteiger partial charge in [-0.25, -0.2) is 4.98 Å². The maximum absolute atomic E-state index is 13.8. The number of unbranched alkanes of at least 4 members (excludes halogenated alkanes) is 3. The Morgan fingerprint density at radius 2 is 1.89 bits per heavy atom. The Bertz CT molecular complexity index is 1470. The average Bonchev–Trinajstić information content (AvgIpc) is 3.25. The van der Waals surface area contributed by atoms with E-state index in [1.807, 2.05) is 13.0 Å². The molecule has 7 heteroatoms. The van der Waals surface area contributed by atoms with E-state index in [0.717, 1.165) is 54.1 Å². The van der Waals surface area contributed by atoms with Crippen LogP contribution in [0.5, 0.6) is 5.75 Å². The minimum Gasteiger partial charge on any atom is -0.508 e. The number of carbonyl (C=O) groups is 2. The summed E-state index contributed by atoms with van der Waals surface area (Å²) in [5.74, 6) is -0.365. The van der Waals surface area contributed by atoms with E-state index in [1.165, 1.54) is 0 Å². The zero-order valence-electron chi connectivity index (χ0n) is 21.9. The van der Waals surface area contributed by atoms with Crippen LogP contribution >= 0.6 is 0 Å². The second-order valence-electron chi connectivity index (χ2n) is 10.2. The molecule has 0 fully saturated rings. The first kappa shape index (κ1) is 25.2. The summed E-state index contributed by atoms with van der Waals surface area (Å²) in [5.41, 5.74) is 3.59. The Balaban J connectivity index is 1.64. The van der Waals surface area contributed by atoms with Gasteiger partial charge in [-0.05, 0) is 55.5 Å². The molecule has 1 aromatic carbocycles. The van der Waals surface area contributed by atoms with Crippen LogP contribution < -0.4 is 5.56 Å². The Morgan fingerprint density at radius 3 is 2.62 bits per heavy atom. The van der Waals surface area contributed by atoms with Crippen molar-refractivity contribution in [3.8, 4) is 17.1 Å². The number of phenolic OH excluding ortho intramolecular Hbond substituents is 1. The number of hydrogen-bond acceptors (Lipinski definition) is 6. The van der Waals surface area contributed by atoms with Crippen molar-refractivity contribution in [2.45, 2.75) is 90.7 Å². The molecule has 0 saturated carbocycles. The summed E-state index contributed by atoms with van der Waals surface area (Å²) < 4.78 is 7.73. The number of nitrogens with zero attached hydrogens (tertiary/aromatic N) is 2. The van der Waals surface area contributed by atoms with Gasteiger partial charge >= 0.3 is 5.97 Å². The molecule has 3 aromatic rings. The Kier molecular flexibility index (Phi) is 6.65. The van der Waals surface area contributed by atoms with E-state index < -0.39 is 11.6 Å². The number of aryl methyl sites for hydroxylation is 1. The molecule has 0 bridgehead atoms. The molecule has 1 N–H and O–H groups in total. The van der Waals surface area contributed by atoms with Crippen LogP contribution in [0.2, 0.25) is 0 Å². The maximum Gasteiger partial charge on any atom is 0.307 e. The molecule has 7 nitrogen and oxygen atoms in total. The summed E-state index contributed by atoms with van der Waals surface area (Å²) in [6.07, 6.45) is 5.56. The normalized spacial score (nSPS) is 18.0. The number of pyridine rings is 2. The molecular formula is C30H34N2O5. The van der Waals surface area contributed by atoms with Crippen LogP contribution in [0, 0.1) is 0 Å². The van der Waals surface area contributed by atoms with E-state index in [0.29, 0.717) is 35.5 Å². The summed E-state index contributed by atoms with van der Waals surface area (Å²) in [6.45, 7) is 6.39. The van der Waals surface area contributed by atoms with E-state index >= 15 is 0 Å². The lowest BCUT2D eigenvalue weighted by molar-refractivity contribution is -0.170. The van der Waals surface area contributed by atoms with Crippen molar-refractivity contribution in [1.82, 2.24) is 9.55 Å². The molecular weight excluding hydrogens is 468 g/mol. The standard InChI is InChI=1S/C30H34N2O5/c1-4-7-8-9-10-27(35)37-30(6-3)23-16-25-28-22(17-32(25)29(36)20(23)12-14-26(30)34)19(5-2)21-15-18(33)11-13-24(21)31-28/h11,13,15-16,33H,4-10,12,14,17H2,1-3H3/t30-/m0/s1. The second-order valence-corrected chi connectivity index (χ2v) is 10.2. The van der Waals surface area contributed by atoms with Gasteiger partial charge in [0.05, 0.1) is 23.4 Å². The minimum absolute atomic E-state index is 0.149. The average molecular weight is 503 g/mol. The lowest BCUT2D eigenvalue weighted by atomic mass is 9.76. The summed E-state index contributed by atoms with van der Waals surface area (Å²) in [5, 5.41) is 10.9. The molecule has 2 aromatic heterocycles. The number of carbonyl (C=O) groups excluding carboxylic acids is 2. The number of ketones is 1. The minimum atomic E-state index is -1.44. The van der Waals surface area contributed by atoms with E-state index in [2.05, 4.69) is 13.8 Å². The predicted molar refractivity (Wildman–Crippen MR) is 142 cm³/mol. The molecule has 194 valence electrons. The highest BCUT2D eigenvalue weighted by molar-refractivity contribution is 5.94. The van der Waals surface area contributed by atoms with Crippen LogP contribution in [0.25, 0.3) is 22.3 Å². The number of phenols is 1. The van der Waals surface area contributed by atoms with Gasteiger partial charge in [-0.2, -0.15) is 0 Å². The maximum atomic E-state index is 13.8. The number of esters is 1. The number of benzene rings is 1. The number of ether oxygens (including phenoxy) is 1. The van der Waals surface area contributed by atoms with Crippen molar-refractivity contribution in [1.29, 1.82) is 0 Å². The monoisotopic (exact) mass is 502 g/mol. The highest BCUT2D eigenvalue weighted by Gasteiger charge is 2.48. The lowest BCUT2D eigenvalue weighted by Crippen LogP contribution is -2.46. The fourth-order valence-corrected chi connectivity index (χ4v) is 6.05. The van der Waals surface area contributed by atoms with Crippen molar-refractivity contribution in [3.63, 3.8) is 0 Å². The van der Waals surface area contributed by atoms with E-state index in [1.54, 1.807) is 22.8 Å². The van der Waals surface area contributed by atoms with Crippen LogP contribution in [-0.4, -0.2) is 26.4 Å². The first-order valence-electron chi connectivity index (χ1n) is 13.5. The van der Waals surface area contributed by atoms with Crippen molar-refractivity contribution in [2.24, 2.45) is 0 Å². The Morgan fingerprint density at radius 1 is 1.08 bits per heavy atom. The zero-order chi connectivity index (χ0) is 26.3. The fraction of sp³-hybridized carbons (Fsp3) is 0.467. The van der Waals surface area contributed by atoms with Gasteiger partial charge < -0.3 is 14.4 Å². The van der Waals surface area contributed by atoms with Crippen LogP contribution in [0.15, 0.2) is 29.1 Å². The van der Waals surface area contributed by atoms with Gasteiger partial charge in [0.1, 0.15) is 5.75 Å². The molecule has 0 unspecified atom stereocenters. The lowest BCUT2D eigenvalue weighted by Gasteiger charge is -2.36. The number of aromatic nitrogens is 2. The Hall–Kier alpha value is -3.48. The second kappa shape index (κ2) is 9.77. The van der Waals surface area contributed by atoms with Crippen molar-refractivity contribution in [3.05, 3.63) is 56.9 Å². The first-order valence-corrected chi connectivity index (χ1v) is 13.5. The van der Waals surface area contributed by atoms with E-state index in [-0.39, 0.29) is 36.4 Å². The number of aromatic hydroxyl groups is 1. The highest BCUT2D eigenvalue weighted by atomic mass is 16.6. The van der Waals surface area contributed by atoms with Crippen LogP contribution in [0.1, 0.15) is 88.0 Å². The van der Waals surface area contributed by atoms with Crippen LogP contribution in [-0.2, 0) is 39.3 Å². The summed E-state index contributed by atoms with van der Waals surface area (Å²) in [4.78, 5) is 44.9. The van der Waals surface area contributed by atoms with Gasteiger partial charge in [-0.3, -0.25) is 14.4 Å². The summed E-state index contributed by atoms with van der Waals surface area (Å²) in [7, 11) is 0. The van der Waals surface area contributed by atoms with Gasteiger partial charge in [-0.15, -0.1) is 0 Å². The number of rotatable bonds is 8. The zero-order valence-corrected chi connectivity index (χ0v) is 21.9. The topological polar surface area (TPSA) is 98.5 Å². The predicted octanol–water partition coefficient (Wildman–Crippen LogP) is 5.33. The molecule has 0 radical (unpaired) electrons. The largest absolute Gasteiger partial charge is 0.508 e. The molecule has 37 heavy (non-hydrogen) atoms. The molecule has 0 amide bonds. The third-order valence-electron chi connectivity index (χ3n) is 8.01. The number of hydrogen-bond donors (Lipinski definition) is 1. The van der Waals surface area contributed by atoms with Gasteiger partial charge in [-0.1, -0.05) is 40.0 Å². The molecule has 3 heterocycles. The molecule has 5 rings (SSSR count). The van der Waals surface area contributed by atoms with Gasteiger partial charge in [0.2, 0.25) is 0 Å². The summed E-state index contributed by atoms with van der Waals surface area (Å²) in [6, 6.07) is 6.98. The number of Topliss-reactive ketones (excluding diaryl/α,β-unsaturated/α-hetero) is 1. The fourth-order valence-electron chi connectivity index (χ4n) is 6.05. The van der Waals surface area contributed by atoms with Gasteiger partial charge in [0.25, 0.3) is 5.56 Å². The van der Waals surface area contributed by atoms with E-state index in [9.17, 15) is 19.5 Å². The molecule has 1 aliphatic heterocycles. The highest BCUT2D eigenvalue weighted by Crippen LogP contribution is 2.43. The SMILES string of the molecule is CCCCCCC(=O)O[C@]1(CC)C(=O)CCc2c1cc1n(c2=O)Cc2c-1nc1ccc(O)cc1c2CC. The molecule has 2 aliphatic rings. The molecule has 0 spiro atoms. The number of fused-ring (bicyclic) bond motifs is 5. The van der Waals surface area contributed by atoms with Gasteiger partial charge in [0.15, 0.2) is 11.4 Å².